The van der Waals surface area contributed by atoms with E-state index in [1.54, 1.807) is 54.6 Å². The third-order valence-corrected chi connectivity index (χ3v) is 5.11. The number of hydrogen-bond donors (Lipinski definition) is 3. The molecule has 3 amide bonds. The van der Waals surface area contributed by atoms with E-state index in [0.717, 1.165) is 0 Å². The molecule has 3 aromatic rings. The Balaban J connectivity index is 1.83. The zero-order chi connectivity index (χ0) is 24.7. The first-order valence-corrected chi connectivity index (χ1v) is 11.3. The molecule has 1 atom stereocenters. The maximum Gasteiger partial charge on any atom is 0.290 e. The zero-order valence-corrected chi connectivity index (χ0v) is 19.5. The van der Waals surface area contributed by atoms with Crippen molar-refractivity contribution in [3.63, 3.8) is 0 Å². The molecule has 178 valence electrons. The van der Waals surface area contributed by atoms with Gasteiger partial charge in [0.2, 0.25) is 5.91 Å². The van der Waals surface area contributed by atoms with Gasteiger partial charge in [0.05, 0.1) is 5.39 Å². The summed E-state index contributed by atoms with van der Waals surface area (Å²) >= 11 is 0. The van der Waals surface area contributed by atoms with Crippen LogP contribution in [0.2, 0.25) is 0 Å². The average molecular weight is 464 g/mol. The van der Waals surface area contributed by atoms with E-state index in [4.69, 9.17) is 0 Å². The number of carbonyl (C=O) groups is 3. The summed E-state index contributed by atoms with van der Waals surface area (Å²) in [6, 6.07) is 14.5. The van der Waals surface area contributed by atoms with Gasteiger partial charge in [-0.3, -0.25) is 30.0 Å². The average Bonchev–Trinajstić information content (AvgIpc) is 2.83. The molecule has 0 aliphatic carbocycles. The Kier molecular flexibility index (Phi) is 8.13. The predicted molar refractivity (Wildman–Crippen MR) is 129 cm³/mol. The molecule has 9 nitrogen and oxygen atoms in total. The van der Waals surface area contributed by atoms with Crippen LogP contribution in [-0.4, -0.2) is 27.5 Å². The normalized spacial score (nSPS) is 11.8. The fourth-order valence-corrected chi connectivity index (χ4v) is 3.55. The first-order chi connectivity index (χ1) is 16.3. The molecule has 1 unspecified atom stereocenters. The van der Waals surface area contributed by atoms with Gasteiger partial charge >= 0.3 is 0 Å². The summed E-state index contributed by atoms with van der Waals surface area (Å²) in [6.07, 6.45) is 0.926. The summed E-state index contributed by atoms with van der Waals surface area (Å²) in [5, 5.41) is 7.70. The van der Waals surface area contributed by atoms with Crippen LogP contribution in [-0.2, 0) is 16.1 Å². The maximum atomic E-state index is 13.0. The Hall–Kier alpha value is -4.01. The molecule has 9 heteroatoms. The minimum Gasteiger partial charge on any atom is -0.340 e. The van der Waals surface area contributed by atoms with Gasteiger partial charge in [-0.15, -0.1) is 0 Å². The van der Waals surface area contributed by atoms with Crippen LogP contribution in [0.25, 0.3) is 10.8 Å². The number of rotatable bonds is 8. The molecule has 1 aromatic heterocycles. The topological polar surface area (TPSA) is 122 Å². The Morgan fingerprint density at radius 3 is 2.24 bits per heavy atom. The monoisotopic (exact) mass is 463 g/mol. The Bertz CT molecular complexity index is 1240. The highest BCUT2D eigenvalue weighted by atomic mass is 16.2. The van der Waals surface area contributed by atoms with E-state index in [1.165, 1.54) is 4.68 Å². The van der Waals surface area contributed by atoms with Crippen LogP contribution in [0.5, 0.6) is 0 Å². The van der Waals surface area contributed by atoms with Crippen molar-refractivity contribution in [2.45, 2.75) is 46.2 Å². The Morgan fingerprint density at radius 1 is 0.941 bits per heavy atom. The molecule has 0 spiro atoms. The molecule has 1 heterocycles. The van der Waals surface area contributed by atoms with Gasteiger partial charge in [0.1, 0.15) is 6.04 Å². The van der Waals surface area contributed by atoms with Crippen LogP contribution < -0.4 is 21.7 Å². The molecule has 0 bridgehead atoms. The van der Waals surface area contributed by atoms with Crippen LogP contribution in [0.3, 0.4) is 0 Å². The number of aryl methyl sites for hydroxylation is 1. The van der Waals surface area contributed by atoms with E-state index < -0.39 is 17.9 Å². The summed E-state index contributed by atoms with van der Waals surface area (Å²) in [4.78, 5) is 50.9. The second-order valence-electron chi connectivity index (χ2n) is 8.38. The highest BCUT2D eigenvalue weighted by molar-refractivity contribution is 6.05. The number of carbonyl (C=O) groups excluding carboxylic acids is 3. The van der Waals surface area contributed by atoms with E-state index in [0.29, 0.717) is 29.3 Å². The van der Waals surface area contributed by atoms with Crippen LogP contribution in [0.1, 0.15) is 55.7 Å². The van der Waals surface area contributed by atoms with Crippen molar-refractivity contribution >= 4 is 28.5 Å². The molecule has 3 rings (SSSR count). The van der Waals surface area contributed by atoms with Crippen molar-refractivity contribution in [1.82, 2.24) is 25.9 Å². The third-order valence-electron chi connectivity index (χ3n) is 5.11. The third kappa shape index (κ3) is 5.86. The quantitative estimate of drug-likeness (QED) is 0.443. The number of hydrogen-bond acceptors (Lipinski definition) is 5. The predicted octanol–water partition coefficient (Wildman–Crippen LogP) is 2.47. The number of nitrogens with zero attached hydrogens (tertiary/aromatic N) is 2. The maximum absolute atomic E-state index is 13.0. The fourth-order valence-electron chi connectivity index (χ4n) is 3.55. The lowest BCUT2D eigenvalue weighted by Gasteiger charge is -2.20. The van der Waals surface area contributed by atoms with Crippen molar-refractivity contribution in [2.75, 3.05) is 0 Å². The van der Waals surface area contributed by atoms with E-state index in [9.17, 15) is 19.2 Å². The molecule has 0 saturated heterocycles. The number of benzene rings is 2. The molecule has 0 radical (unpaired) electrons. The SMILES string of the molecule is CCCn1nc(C(=O)NNC(=O)C(NC(=O)CC(C)C)c2ccccc2)c2ccccc2c1=O. The van der Waals surface area contributed by atoms with Crippen LogP contribution in [0, 0.1) is 5.92 Å². The minimum atomic E-state index is -0.994. The van der Waals surface area contributed by atoms with Gasteiger partial charge in [-0.2, -0.15) is 5.10 Å². The largest absolute Gasteiger partial charge is 0.340 e. The van der Waals surface area contributed by atoms with Crippen LogP contribution in [0.4, 0.5) is 0 Å². The summed E-state index contributed by atoms with van der Waals surface area (Å²) in [6.45, 7) is 6.08. The van der Waals surface area contributed by atoms with Gasteiger partial charge in [-0.25, -0.2) is 4.68 Å². The van der Waals surface area contributed by atoms with E-state index in [1.807, 2.05) is 20.8 Å². The lowest BCUT2D eigenvalue weighted by atomic mass is 10.0. The molecule has 0 saturated carbocycles. The van der Waals surface area contributed by atoms with E-state index >= 15 is 0 Å². The van der Waals surface area contributed by atoms with Gasteiger partial charge in [0.15, 0.2) is 5.69 Å². The highest BCUT2D eigenvalue weighted by Gasteiger charge is 2.24. The smallest absolute Gasteiger partial charge is 0.290 e. The van der Waals surface area contributed by atoms with Gasteiger partial charge in [-0.05, 0) is 24.0 Å². The second-order valence-corrected chi connectivity index (χ2v) is 8.38. The lowest BCUT2D eigenvalue weighted by molar-refractivity contribution is -0.130. The molecule has 0 aliphatic rings. The standard InChI is InChI=1S/C25H29N5O4/c1-4-14-30-25(34)19-13-9-8-12-18(19)22(29-30)24(33)28-27-23(32)21(17-10-6-5-7-11-17)26-20(31)15-16(2)3/h5-13,16,21H,4,14-15H2,1-3H3,(H,26,31)(H,27,32)(H,28,33). The molecular formula is C25H29N5O4. The van der Waals surface area contributed by atoms with E-state index in [2.05, 4.69) is 21.3 Å². The first kappa shape index (κ1) is 24.6. The molecule has 34 heavy (non-hydrogen) atoms. The summed E-state index contributed by atoms with van der Waals surface area (Å²) < 4.78 is 1.25. The summed E-state index contributed by atoms with van der Waals surface area (Å²) in [5.74, 6) is -1.43. The summed E-state index contributed by atoms with van der Waals surface area (Å²) in [7, 11) is 0. The lowest BCUT2D eigenvalue weighted by Crippen LogP contribution is -2.48. The Morgan fingerprint density at radius 2 is 1.59 bits per heavy atom. The fraction of sp³-hybridized carbons (Fsp3) is 0.320. The molecule has 0 fully saturated rings. The van der Waals surface area contributed by atoms with Gasteiger partial charge in [0.25, 0.3) is 17.4 Å². The zero-order valence-electron chi connectivity index (χ0n) is 19.5. The number of hydrazine groups is 1. The number of amides is 3. The minimum absolute atomic E-state index is 0.0176. The van der Waals surface area contributed by atoms with Crippen molar-refractivity contribution < 1.29 is 14.4 Å². The van der Waals surface area contributed by atoms with Crippen LogP contribution >= 0.6 is 0 Å². The van der Waals surface area contributed by atoms with E-state index in [-0.39, 0.29) is 29.5 Å². The van der Waals surface area contributed by atoms with Crippen molar-refractivity contribution in [2.24, 2.45) is 5.92 Å². The van der Waals surface area contributed by atoms with Crippen molar-refractivity contribution in [3.05, 3.63) is 76.2 Å². The first-order valence-electron chi connectivity index (χ1n) is 11.3. The van der Waals surface area contributed by atoms with Crippen LogP contribution in [0.15, 0.2) is 59.4 Å². The Labute approximate surface area is 197 Å². The summed E-state index contributed by atoms with van der Waals surface area (Å²) in [5.41, 5.74) is 5.08. The number of nitrogens with one attached hydrogen (secondary N) is 3. The van der Waals surface area contributed by atoms with Gasteiger partial charge in [0, 0.05) is 18.4 Å². The molecule has 2 aromatic carbocycles. The number of aromatic nitrogens is 2. The highest BCUT2D eigenvalue weighted by Crippen LogP contribution is 2.15. The number of fused-ring (bicyclic) bond motifs is 1. The second kappa shape index (κ2) is 11.2. The van der Waals surface area contributed by atoms with Crippen molar-refractivity contribution in [1.29, 1.82) is 0 Å². The molecule has 3 N–H and O–H groups in total. The van der Waals surface area contributed by atoms with Gasteiger partial charge in [-0.1, -0.05) is 69.3 Å². The van der Waals surface area contributed by atoms with Crippen molar-refractivity contribution in [3.8, 4) is 0 Å². The molecular weight excluding hydrogens is 434 g/mol. The van der Waals surface area contributed by atoms with Gasteiger partial charge < -0.3 is 5.32 Å². The molecule has 0 aliphatic heterocycles.